The molecule has 4 amide bonds. The second-order valence-corrected chi connectivity index (χ2v) is 8.25. The Hall–Kier alpha value is -3.94. The van der Waals surface area contributed by atoms with Crippen molar-refractivity contribution in [3.8, 4) is 5.75 Å². The number of carbonyl (C=O) groups excluding carboxylic acids is 4. The summed E-state index contributed by atoms with van der Waals surface area (Å²) in [5.41, 5.74) is 2.18. The lowest BCUT2D eigenvalue weighted by Crippen LogP contribution is -2.51. The van der Waals surface area contributed by atoms with Crippen LogP contribution in [0.2, 0.25) is 0 Å². The number of carbonyl (C=O) groups is 4. The van der Waals surface area contributed by atoms with Gasteiger partial charge in [-0.15, -0.1) is 0 Å². The largest absolute Gasteiger partial charge is 0.488 e. The van der Waals surface area contributed by atoms with Crippen molar-refractivity contribution in [2.75, 3.05) is 7.11 Å². The molecule has 1 heterocycles. The number of nitrogens with one attached hydrogen (secondary N) is 2. The number of barbiturate groups is 1. The van der Waals surface area contributed by atoms with Gasteiger partial charge in [-0.2, -0.15) is 0 Å². The third kappa shape index (κ3) is 5.03. The molecule has 1 fully saturated rings. The van der Waals surface area contributed by atoms with Crippen LogP contribution < -0.4 is 15.4 Å². The predicted molar refractivity (Wildman–Crippen MR) is 117 cm³/mol. The van der Waals surface area contributed by atoms with Crippen LogP contribution in [-0.2, 0) is 26.3 Å². The van der Waals surface area contributed by atoms with E-state index in [9.17, 15) is 19.2 Å². The Bertz CT molecular complexity index is 1090. The van der Waals surface area contributed by atoms with Crippen molar-refractivity contribution >= 4 is 29.9 Å². The number of hydrogen-bond donors (Lipinski definition) is 2. The first-order valence-corrected chi connectivity index (χ1v) is 9.92. The number of esters is 1. The van der Waals surface area contributed by atoms with E-state index in [0.29, 0.717) is 16.9 Å². The second kappa shape index (κ2) is 9.05. The average Bonchev–Trinajstić information content (AvgIpc) is 2.74. The minimum absolute atomic E-state index is 0.192. The van der Waals surface area contributed by atoms with Crippen LogP contribution in [0, 0.1) is 0 Å². The van der Waals surface area contributed by atoms with E-state index in [0.717, 1.165) is 11.1 Å². The van der Waals surface area contributed by atoms with Gasteiger partial charge < -0.3 is 9.47 Å². The van der Waals surface area contributed by atoms with Gasteiger partial charge >= 0.3 is 12.0 Å². The summed E-state index contributed by atoms with van der Waals surface area (Å²) < 4.78 is 10.9. The summed E-state index contributed by atoms with van der Waals surface area (Å²) in [5, 5.41) is 4.13. The highest BCUT2D eigenvalue weighted by molar-refractivity contribution is 6.31. The molecule has 0 saturated carbocycles. The fraction of sp³-hybridized carbons (Fsp3) is 0.250. The number of urea groups is 1. The van der Waals surface area contributed by atoms with E-state index in [2.05, 4.69) is 10.6 Å². The van der Waals surface area contributed by atoms with Gasteiger partial charge in [-0.1, -0.05) is 51.1 Å². The van der Waals surface area contributed by atoms with Gasteiger partial charge in [0, 0.05) is 11.1 Å². The van der Waals surface area contributed by atoms with Crippen LogP contribution in [-0.4, -0.2) is 30.9 Å². The molecule has 8 heteroatoms. The molecule has 2 N–H and O–H groups in total. The molecule has 8 nitrogen and oxygen atoms in total. The molecule has 0 atom stereocenters. The maximum atomic E-state index is 12.2. The Morgan fingerprint density at radius 1 is 0.969 bits per heavy atom. The van der Waals surface area contributed by atoms with Gasteiger partial charge in [0.2, 0.25) is 0 Å². The molecule has 1 aliphatic heterocycles. The molecule has 0 spiro atoms. The number of hydrogen-bond acceptors (Lipinski definition) is 6. The molecule has 3 rings (SSSR count). The summed E-state index contributed by atoms with van der Waals surface area (Å²) in [4.78, 5) is 47.3. The molecule has 0 aliphatic carbocycles. The van der Waals surface area contributed by atoms with Crippen molar-refractivity contribution in [3.05, 3.63) is 70.3 Å². The first-order chi connectivity index (χ1) is 15.1. The molecule has 32 heavy (non-hydrogen) atoms. The van der Waals surface area contributed by atoms with Crippen LogP contribution in [0.3, 0.4) is 0 Å². The zero-order valence-corrected chi connectivity index (χ0v) is 18.3. The number of methoxy groups -OCH3 is 1. The monoisotopic (exact) mass is 436 g/mol. The zero-order valence-electron chi connectivity index (χ0n) is 18.3. The molecule has 0 aromatic heterocycles. The first kappa shape index (κ1) is 22.7. The van der Waals surface area contributed by atoms with Crippen LogP contribution in [0.15, 0.2) is 48.0 Å². The van der Waals surface area contributed by atoms with Crippen molar-refractivity contribution < 1.29 is 28.7 Å². The van der Waals surface area contributed by atoms with E-state index in [1.807, 2.05) is 32.9 Å². The smallest absolute Gasteiger partial charge is 0.337 e. The van der Waals surface area contributed by atoms with Crippen LogP contribution in [0.25, 0.3) is 6.08 Å². The van der Waals surface area contributed by atoms with E-state index in [1.165, 1.54) is 13.2 Å². The van der Waals surface area contributed by atoms with Crippen LogP contribution >= 0.6 is 0 Å². The van der Waals surface area contributed by atoms with E-state index in [1.54, 1.807) is 30.3 Å². The molecule has 2 aromatic carbocycles. The van der Waals surface area contributed by atoms with Gasteiger partial charge in [0.15, 0.2) is 0 Å². The van der Waals surface area contributed by atoms with Crippen molar-refractivity contribution in [2.45, 2.75) is 32.8 Å². The Morgan fingerprint density at radius 2 is 1.59 bits per heavy atom. The number of imide groups is 2. The normalized spacial score (nSPS) is 13.9. The predicted octanol–water partition coefficient (Wildman–Crippen LogP) is 3.10. The van der Waals surface area contributed by atoms with Crippen molar-refractivity contribution in [3.63, 3.8) is 0 Å². The van der Waals surface area contributed by atoms with Crippen LogP contribution in [0.5, 0.6) is 5.75 Å². The van der Waals surface area contributed by atoms with Gasteiger partial charge in [0.25, 0.3) is 11.8 Å². The molecule has 0 bridgehead atoms. The standard InChI is InChI=1S/C24H24N2O6/c1-24(2,3)18-7-5-6-16(12-17-20(27)25-23(30)26-21(17)28)19(18)32-13-14-8-10-15(11-9-14)22(29)31-4/h5-12H,13H2,1-4H3,(H2,25,26,27,28,30). The highest BCUT2D eigenvalue weighted by Crippen LogP contribution is 2.36. The van der Waals surface area contributed by atoms with Gasteiger partial charge in [-0.3, -0.25) is 20.2 Å². The van der Waals surface area contributed by atoms with Crippen molar-refractivity contribution in [2.24, 2.45) is 0 Å². The molecule has 1 saturated heterocycles. The number of para-hydroxylation sites is 1. The van der Waals surface area contributed by atoms with Crippen LogP contribution in [0.1, 0.15) is 47.8 Å². The van der Waals surface area contributed by atoms with E-state index < -0.39 is 23.8 Å². The number of ether oxygens (including phenoxy) is 2. The molecule has 0 radical (unpaired) electrons. The fourth-order valence-electron chi connectivity index (χ4n) is 3.19. The summed E-state index contributed by atoms with van der Waals surface area (Å²) in [7, 11) is 1.32. The van der Waals surface area contributed by atoms with Crippen LogP contribution in [0.4, 0.5) is 4.79 Å². The lowest BCUT2D eigenvalue weighted by atomic mass is 9.85. The van der Waals surface area contributed by atoms with Crippen molar-refractivity contribution in [1.82, 2.24) is 10.6 Å². The number of amides is 4. The molecule has 0 unspecified atom stereocenters. The maximum Gasteiger partial charge on any atom is 0.337 e. The fourth-order valence-corrected chi connectivity index (χ4v) is 3.19. The minimum Gasteiger partial charge on any atom is -0.488 e. The lowest BCUT2D eigenvalue weighted by Gasteiger charge is -2.24. The molecule has 2 aromatic rings. The Balaban J connectivity index is 1.96. The zero-order chi connectivity index (χ0) is 23.5. The highest BCUT2D eigenvalue weighted by Gasteiger charge is 2.29. The average molecular weight is 436 g/mol. The summed E-state index contributed by atoms with van der Waals surface area (Å²) in [6.07, 6.45) is 1.40. The summed E-state index contributed by atoms with van der Waals surface area (Å²) in [6.45, 7) is 6.27. The Morgan fingerprint density at radius 3 is 2.16 bits per heavy atom. The van der Waals surface area contributed by atoms with Crippen molar-refractivity contribution in [1.29, 1.82) is 0 Å². The Labute approximate surface area is 185 Å². The molecular formula is C24H24N2O6. The maximum absolute atomic E-state index is 12.2. The van der Waals surface area contributed by atoms with E-state index in [-0.39, 0.29) is 17.6 Å². The SMILES string of the molecule is COC(=O)c1ccc(COc2c(C=C3C(=O)NC(=O)NC3=O)cccc2C(C)(C)C)cc1. The minimum atomic E-state index is -0.854. The second-order valence-electron chi connectivity index (χ2n) is 8.25. The van der Waals surface area contributed by atoms with E-state index in [4.69, 9.17) is 9.47 Å². The summed E-state index contributed by atoms with van der Waals surface area (Å²) >= 11 is 0. The topological polar surface area (TPSA) is 111 Å². The Kier molecular flexibility index (Phi) is 6.43. The third-order valence-electron chi connectivity index (χ3n) is 4.85. The van der Waals surface area contributed by atoms with Gasteiger partial charge in [-0.25, -0.2) is 9.59 Å². The molecular weight excluding hydrogens is 412 g/mol. The number of benzene rings is 2. The highest BCUT2D eigenvalue weighted by atomic mass is 16.5. The molecule has 1 aliphatic rings. The van der Waals surface area contributed by atoms with Gasteiger partial charge in [0.1, 0.15) is 17.9 Å². The first-order valence-electron chi connectivity index (χ1n) is 9.92. The van der Waals surface area contributed by atoms with Gasteiger partial charge in [-0.05, 0) is 29.2 Å². The van der Waals surface area contributed by atoms with E-state index >= 15 is 0 Å². The number of rotatable bonds is 5. The summed E-state index contributed by atoms with van der Waals surface area (Å²) in [6, 6.07) is 11.4. The third-order valence-corrected chi connectivity index (χ3v) is 4.85. The quantitative estimate of drug-likeness (QED) is 0.423. The lowest BCUT2D eigenvalue weighted by molar-refractivity contribution is -0.123. The summed E-state index contributed by atoms with van der Waals surface area (Å²) in [5.74, 6) is -1.46. The molecule has 166 valence electrons. The van der Waals surface area contributed by atoms with Gasteiger partial charge in [0.05, 0.1) is 12.7 Å².